The highest BCUT2D eigenvalue weighted by Gasteiger charge is 2.13. The summed E-state index contributed by atoms with van der Waals surface area (Å²) in [7, 11) is 1.59. The number of nitriles is 1. The van der Waals surface area contributed by atoms with Gasteiger partial charge in [0.15, 0.2) is 5.16 Å². The lowest BCUT2D eigenvalue weighted by molar-refractivity contribution is 0.415. The van der Waals surface area contributed by atoms with Crippen molar-refractivity contribution in [1.82, 2.24) is 9.97 Å². The summed E-state index contributed by atoms with van der Waals surface area (Å²) in [5, 5.41) is 9.77. The molecule has 0 aliphatic rings. The molecular formula is C16H17N3O2S. The third kappa shape index (κ3) is 3.68. The zero-order valence-electron chi connectivity index (χ0n) is 12.5. The van der Waals surface area contributed by atoms with E-state index in [1.807, 2.05) is 6.07 Å². The van der Waals surface area contributed by atoms with E-state index in [9.17, 15) is 10.1 Å². The smallest absolute Gasteiger partial charge is 0.270 e. The van der Waals surface area contributed by atoms with E-state index in [1.54, 1.807) is 31.4 Å². The molecule has 0 fully saturated rings. The second kappa shape index (κ2) is 7.66. The number of aromatic amines is 1. The predicted molar refractivity (Wildman–Crippen MR) is 87.2 cm³/mol. The lowest BCUT2D eigenvalue weighted by Crippen LogP contribution is -2.14. The molecule has 0 bridgehead atoms. The molecule has 2 aromatic rings. The predicted octanol–water partition coefficient (Wildman–Crippen LogP) is 3.21. The van der Waals surface area contributed by atoms with Crippen LogP contribution in [0.3, 0.4) is 0 Å². The quantitative estimate of drug-likeness (QED) is 0.503. The number of hydrogen-bond acceptors (Lipinski definition) is 5. The zero-order valence-corrected chi connectivity index (χ0v) is 13.4. The molecule has 22 heavy (non-hydrogen) atoms. The number of nitrogens with zero attached hydrogens (tertiary/aromatic N) is 2. The summed E-state index contributed by atoms with van der Waals surface area (Å²) in [5.41, 5.74) is 0.765. The molecule has 1 aromatic carbocycles. The van der Waals surface area contributed by atoms with E-state index in [-0.39, 0.29) is 5.56 Å². The minimum atomic E-state index is -0.401. The Labute approximate surface area is 133 Å². The van der Waals surface area contributed by atoms with Crippen LogP contribution >= 0.6 is 11.8 Å². The highest BCUT2D eigenvalue weighted by molar-refractivity contribution is 7.99. The fourth-order valence-electron chi connectivity index (χ4n) is 1.90. The van der Waals surface area contributed by atoms with Crippen molar-refractivity contribution in [1.29, 1.82) is 5.26 Å². The number of benzene rings is 1. The van der Waals surface area contributed by atoms with Crippen molar-refractivity contribution in [3.05, 3.63) is 40.2 Å². The Balaban J connectivity index is 2.43. The number of ether oxygens (including phenoxy) is 1. The Morgan fingerprint density at radius 3 is 2.68 bits per heavy atom. The Bertz CT molecular complexity index is 733. The van der Waals surface area contributed by atoms with Gasteiger partial charge in [-0.2, -0.15) is 5.26 Å². The van der Waals surface area contributed by atoms with Crippen molar-refractivity contribution in [2.24, 2.45) is 0 Å². The van der Waals surface area contributed by atoms with Gasteiger partial charge in [-0.15, -0.1) is 0 Å². The van der Waals surface area contributed by atoms with Gasteiger partial charge in [0.05, 0.1) is 12.8 Å². The van der Waals surface area contributed by atoms with E-state index in [2.05, 4.69) is 16.9 Å². The Hall–Kier alpha value is -2.26. The van der Waals surface area contributed by atoms with Gasteiger partial charge in [-0.1, -0.05) is 25.1 Å². The molecule has 2 rings (SSSR count). The van der Waals surface area contributed by atoms with Gasteiger partial charge < -0.3 is 9.72 Å². The molecule has 0 atom stereocenters. The summed E-state index contributed by atoms with van der Waals surface area (Å²) in [4.78, 5) is 19.2. The highest BCUT2D eigenvalue weighted by atomic mass is 32.2. The molecule has 114 valence electrons. The SMILES string of the molecule is CCCCSc1nc(-c2ccc(OC)cc2)c(C#N)c(=O)[nH]1. The number of aromatic nitrogens is 2. The summed E-state index contributed by atoms with van der Waals surface area (Å²) in [6, 6.07) is 9.09. The van der Waals surface area contributed by atoms with E-state index < -0.39 is 5.56 Å². The first-order chi connectivity index (χ1) is 10.7. The maximum Gasteiger partial charge on any atom is 0.270 e. The zero-order chi connectivity index (χ0) is 15.9. The summed E-state index contributed by atoms with van der Waals surface area (Å²) in [6.45, 7) is 2.11. The molecule has 6 heteroatoms. The van der Waals surface area contributed by atoms with Crippen LogP contribution in [0.25, 0.3) is 11.3 Å². The van der Waals surface area contributed by atoms with E-state index in [0.717, 1.165) is 24.2 Å². The van der Waals surface area contributed by atoms with Crippen molar-refractivity contribution < 1.29 is 4.74 Å². The summed E-state index contributed by atoms with van der Waals surface area (Å²) in [5.74, 6) is 1.59. The first-order valence-corrected chi connectivity index (χ1v) is 7.99. The maximum atomic E-state index is 12.1. The second-order valence-electron chi connectivity index (χ2n) is 4.64. The fraction of sp³-hybridized carbons (Fsp3) is 0.312. The van der Waals surface area contributed by atoms with Crippen LogP contribution in [0, 0.1) is 11.3 Å². The van der Waals surface area contributed by atoms with Crippen LogP contribution in [0.2, 0.25) is 0 Å². The van der Waals surface area contributed by atoms with Crippen molar-refractivity contribution >= 4 is 11.8 Å². The van der Waals surface area contributed by atoms with Crippen LogP contribution in [-0.2, 0) is 0 Å². The molecule has 5 nitrogen and oxygen atoms in total. The van der Waals surface area contributed by atoms with Crippen LogP contribution < -0.4 is 10.3 Å². The fourth-order valence-corrected chi connectivity index (χ4v) is 2.84. The van der Waals surface area contributed by atoms with Gasteiger partial charge in [-0.25, -0.2) is 4.98 Å². The van der Waals surface area contributed by atoms with Crippen molar-refractivity contribution in [3.63, 3.8) is 0 Å². The standard InChI is InChI=1S/C16H17N3O2S/c1-3-4-9-22-16-18-14(13(10-17)15(20)19-16)11-5-7-12(21-2)8-6-11/h5-8H,3-4,9H2,1-2H3,(H,18,19,20). The molecule has 1 heterocycles. The molecule has 0 radical (unpaired) electrons. The maximum absolute atomic E-state index is 12.1. The van der Waals surface area contributed by atoms with Crippen LogP contribution in [0.5, 0.6) is 5.75 Å². The van der Waals surface area contributed by atoms with Crippen LogP contribution in [0.4, 0.5) is 0 Å². The van der Waals surface area contributed by atoms with Crippen LogP contribution in [0.1, 0.15) is 25.3 Å². The van der Waals surface area contributed by atoms with Crippen LogP contribution in [0.15, 0.2) is 34.2 Å². The minimum Gasteiger partial charge on any atom is -0.497 e. The Morgan fingerprint density at radius 2 is 2.09 bits per heavy atom. The largest absolute Gasteiger partial charge is 0.497 e. The summed E-state index contributed by atoms with van der Waals surface area (Å²) in [6.07, 6.45) is 2.13. The molecule has 1 aromatic heterocycles. The van der Waals surface area contributed by atoms with Gasteiger partial charge in [0.1, 0.15) is 17.4 Å². The van der Waals surface area contributed by atoms with Crippen LogP contribution in [-0.4, -0.2) is 22.8 Å². The Kier molecular flexibility index (Phi) is 5.61. The van der Waals surface area contributed by atoms with Gasteiger partial charge in [-0.05, 0) is 30.7 Å². The first-order valence-electron chi connectivity index (χ1n) is 7.01. The van der Waals surface area contributed by atoms with Gasteiger partial charge in [0, 0.05) is 11.3 Å². The number of methoxy groups -OCH3 is 1. The number of nitrogens with one attached hydrogen (secondary N) is 1. The Morgan fingerprint density at radius 1 is 1.36 bits per heavy atom. The number of rotatable bonds is 6. The monoisotopic (exact) mass is 315 g/mol. The third-order valence-electron chi connectivity index (χ3n) is 3.11. The number of hydrogen-bond donors (Lipinski definition) is 1. The topological polar surface area (TPSA) is 78.8 Å². The number of H-pyrrole nitrogens is 1. The number of thioether (sulfide) groups is 1. The van der Waals surface area contributed by atoms with E-state index in [0.29, 0.717) is 16.6 Å². The molecular weight excluding hydrogens is 298 g/mol. The molecule has 0 amide bonds. The van der Waals surface area contributed by atoms with E-state index in [4.69, 9.17) is 4.74 Å². The summed E-state index contributed by atoms with van der Waals surface area (Å²) >= 11 is 1.49. The molecule has 0 unspecified atom stereocenters. The van der Waals surface area contributed by atoms with E-state index >= 15 is 0 Å². The van der Waals surface area contributed by atoms with Crippen molar-refractivity contribution in [3.8, 4) is 23.1 Å². The van der Waals surface area contributed by atoms with Gasteiger partial charge in [-0.3, -0.25) is 4.79 Å². The molecule has 1 N–H and O–H groups in total. The molecule has 0 saturated carbocycles. The van der Waals surface area contributed by atoms with Gasteiger partial charge >= 0.3 is 0 Å². The lowest BCUT2D eigenvalue weighted by atomic mass is 10.1. The normalized spacial score (nSPS) is 10.2. The average Bonchev–Trinajstić information content (AvgIpc) is 2.55. The summed E-state index contributed by atoms with van der Waals surface area (Å²) < 4.78 is 5.12. The third-order valence-corrected chi connectivity index (χ3v) is 4.07. The molecule has 0 spiro atoms. The van der Waals surface area contributed by atoms with Crippen molar-refractivity contribution in [2.75, 3.05) is 12.9 Å². The van der Waals surface area contributed by atoms with Gasteiger partial charge in [0.2, 0.25) is 0 Å². The lowest BCUT2D eigenvalue weighted by Gasteiger charge is -2.07. The second-order valence-corrected chi connectivity index (χ2v) is 5.72. The molecule has 0 aliphatic carbocycles. The minimum absolute atomic E-state index is 0.0324. The average molecular weight is 315 g/mol. The first kappa shape index (κ1) is 16.1. The molecule has 0 saturated heterocycles. The van der Waals surface area contributed by atoms with Gasteiger partial charge in [0.25, 0.3) is 5.56 Å². The van der Waals surface area contributed by atoms with E-state index in [1.165, 1.54) is 11.8 Å². The highest BCUT2D eigenvalue weighted by Crippen LogP contribution is 2.24. The van der Waals surface area contributed by atoms with Crippen molar-refractivity contribution in [2.45, 2.75) is 24.9 Å². The number of unbranched alkanes of at least 4 members (excludes halogenated alkanes) is 1. The molecule has 0 aliphatic heterocycles.